The van der Waals surface area contributed by atoms with Gasteiger partial charge in [0.15, 0.2) is 5.96 Å². The smallest absolute Gasteiger partial charge is 0.216 e. The van der Waals surface area contributed by atoms with Crippen LogP contribution in [0.1, 0.15) is 42.7 Å². The van der Waals surface area contributed by atoms with Crippen LogP contribution in [0.15, 0.2) is 33.7 Å². The normalized spacial score (nSPS) is 15.3. The van der Waals surface area contributed by atoms with E-state index >= 15 is 0 Å². The summed E-state index contributed by atoms with van der Waals surface area (Å²) < 4.78 is 19.7. The Morgan fingerprint density at radius 3 is 2.58 bits per heavy atom. The van der Waals surface area contributed by atoms with Gasteiger partial charge in [-0.3, -0.25) is 0 Å². The summed E-state index contributed by atoms with van der Waals surface area (Å²) >= 11 is 0. The molecule has 1 aliphatic rings. The van der Waals surface area contributed by atoms with Crippen LogP contribution < -0.4 is 10.6 Å². The summed E-state index contributed by atoms with van der Waals surface area (Å²) in [5.74, 6) is 1.98. The van der Waals surface area contributed by atoms with Crippen molar-refractivity contribution in [3.63, 3.8) is 0 Å². The molecule has 26 heavy (non-hydrogen) atoms. The van der Waals surface area contributed by atoms with Gasteiger partial charge in [-0.2, -0.15) is 0 Å². The highest BCUT2D eigenvalue weighted by Gasteiger charge is 2.45. The molecule has 3 rings (SSSR count). The number of nitrogens with zero attached hydrogens (tertiary/aromatic N) is 2. The van der Waals surface area contributed by atoms with Crippen LogP contribution in [0.4, 0.5) is 4.39 Å². The summed E-state index contributed by atoms with van der Waals surface area (Å²) in [6.07, 6.45) is 1.97. The molecule has 1 fully saturated rings. The standard InChI is InChI=1S/C19H25FN4O.HI/c1-4-21-18(22-11-17-24-13(2)14(3)25-17)23-12-19(9-10-19)15-7-5-6-8-16(15)20;/h5-8H,4,9-12H2,1-3H3,(H2,21,22,23);1H. The first-order chi connectivity index (χ1) is 12.0. The monoisotopic (exact) mass is 472 g/mol. The molecule has 0 amide bonds. The molecule has 1 heterocycles. The molecule has 1 aliphatic carbocycles. The first-order valence-corrected chi connectivity index (χ1v) is 8.74. The number of halogens is 2. The molecular formula is C19H26FIN4O. The molecule has 0 atom stereocenters. The maximum atomic E-state index is 14.1. The van der Waals surface area contributed by atoms with Crippen LogP contribution in [-0.4, -0.2) is 24.0 Å². The van der Waals surface area contributed by atoms with Crippen molar-refractivity contribution >= 4 is 29.9 Å². The molecule has 0 spiro atoms. The van der Waals surface area contributed by atoms with Gasteiger partial charge in [-0.25, -0.2) is 14.4 Å². The molecule has 2 N–H and O–H groups in total. The molecule has 7 heteroatoms. The summed E-state index contributed by atoms with van der Waals surface area (Å²) in [6.45, 7) is 7.60. The van der Waals surface area contributed by atoms with Gasteiger partial charge in [-0.05, 0) is 45.2 Å². The molecule has 0 saturated heterocycles. The third-order valence-electron chi connectivity index (χ3n) is 4.68. The Morgan fingerprint density at radius 2 is 2.00 bits per heavy atom. The minimum atomic E-state index is -0.130. The van der Waals surface area contributed by atoms with Crippen molar-refractivity contribution in [3.8, 4) is 0 Å². The predicted octanol–water partition coefficient (Wildman–Crippen LogP) is 3.84. The number of nitrogens with one attached hydrogen (secondary N) is 2. The van der Waals surface area contributed by atoms with Crippen molar-refractivity contribution in [3.05, 3.63) is 53.0 Å². The van der Waals surface area contributed by atoms with E-state index in [1.165, 1.54) is 6.07 Å². The zero-order valence-electron chi connectivity index (χ0n) is 15.4. The van der Waals surface area contributed by atoms with E-state index in [0.717, 1.165) is 36.4 Å². The molecule has 0 radical (unpaired) electrons. The number of hydrogen-bond acceptors (Lipinski definition) is 3. The van der Waals surface area contributed by atoms with E-state index in [-0.39, 0.29) is 35.2 Å². The second kappa shape index (κ2) is 8.83. The van der Waals surface area contributed by atoms with Crippen molar-refractivity contribution in [1.82, 2.24) is 15.6 Å². The Morgan fingerprint density at radius 1 is 1.27 bits per heavy atom. The first kappa shape index (κ1) is 20.7. The lowest BCUT2D eigenvalue weighted by Crippen LogP contribution is -2.41. The van der Waals surface area contributed by atoms with Gasteiger partial charge >= 0.3 is 0 Å². The van der Waals surface area contributed by atoms with E-state index in [1.807, 2.05) is 32.9 Å². The van der Waals surface area contributed by atoms with Gasteiger partial charge in [0.1, 0.15) is 18.1 Å². The molecule has 142 valence electrons. The highest BCUT2D eigenvalue weighted by molar-refractivity contribution is 14.0. The molecule has 0 unspecified atom stereocenters. The molecule has 1 saturated carbocycles. The Bertz CT molecular complexity index is 751. The average molecular weight is 472 g/mol. The van der Waals surface area contributed by atoms with E-state index in [4.69, 9.17) is 4.42 Å². The van der Waals surface area contributed by atoms with Gasteiger partial charge in [0.2, 0.25) is 5.89 Å². The zero-order chi connectivity index (χ0) is 17.9. The fourth-order valence-corrected chi connectivity index (χ4v) is 2.93. The first-order valence-electron chi connectivity index (χ1n) is 8.74. The molecule has 0 bridgehead atoms. The molecular weight excluding hydrogens is 446 g/mol. The van der Waals surface area contributed by atoms with Crippen LogP contribution in [0.2, 0.25) is 0 Å². The summed E-state index contributed by atoms with van der Waals surface area (Å²) in [7, 11) is 0. The van der Waals surface area contributed by atoms with E-state index in [1.54, 1.807) is 6.07 Å². The van der Waals surface area contributed by atoms with E-state index in [0.29, 0.717) is 24.9 Å². The molecule has 1 aromatic heterocycles. The zero-order valence-corrected chi connectivity index (χ0v) is 17.8. The van der Waals surface area contributed by atoms with Crippen molar-refractivity contribution in [1.29, 1.82) is 0 Å². The van der Waals surface area contributed by atoms with Gasteiger partial charge in [-0.15, -0.1) is 24.0 Å². The summed E-state index contributed by atoms with van der Waals surface area (Å²) in [5.41, 5.74) is 1.55. The molecule has 2 aromatic rings. The second-order valence-corrected chi connectivity index (χ2v) is 6.56. The minimum absolute atomic E-state index is 0. The van der Waals surface area contributed by atoms with Crippen LogP contribution in [-0.2, 0) is 12.0 Å². The maximum Gasteiger partial charge on any atom is 0.216 e. The lowest BCUT2D eigenvalue weighted by Gasteiger charge is -2.19. The lowest BCUT2D eigenvalue weighted by molar-refractivity contribution is 0.472. The number of aliphatic imine (C=N–C) groups is 1. The number of oxazole rings is 1. The van der Waals surface area contributed by atoms with Crippen molar-refractivity contribution < 1.29 is 8.81 Å². The summed E-state index contributed by atoms with van der Waals surface area (Å²) in [4.78, 5) is 8.87. The quantitative estimate of drug-likeness (QED) is 0.381. The van der Waals surface area contributed by atoms with Crippen molar-refractivity contribution in [2.45, 2.75) is 45.6 Å². The third kappa shape index (κ3) is 4.75. The van der Waals surface area contributed by atoms with Crippen LogP contribution in [0.5, 0.6) is 0 Å². The fraction of sp³-hybridized carbons (Fsp3) is 0.474. The Labute approximate surface area is 170 Å². The lowest BCUT2D eigenvalue weighted by atomic mass is 9.95. The largest absolute Gasteiger partial charge is 0.444 e. The van der Waals surface area contributed by atoms with Gasteiger partial charge in [0.05, 0.1) is 5.69 Å². The molecule has 0 aliphatic heterocycles. The summed E-state index contributed by atoms with van der Waals surface area (Å²) in [5, 5.41) is 6.56. The van der Waals surface area contributed by atoms with E-state index in [2.05, 4.69) is 20.6 Å². The number of aryl methyl sites for hydroxylation is 2. The number of aromatic nitrogens is 1. The number of hydrogen-bond donors (Lipinski definition) is 2. The third-order valence-corrected chi connectivity index (χ3v) is 4.68. The highest BCUT2D eigenvalue weighted by Crippen LogP contribution is 2.48. The van der Waals surface area contributed by atoms with Gasteiger partial charge in [0.25, 0.3) is 0 Å². The van der Waals surface area contributed by atoms with Crippen LogP contribution in [0.3, 0.4) is 0 Å². The van der Waals surface area contributed by atoms with E-state index in [9.17, 15) is 4.39 Å². The van der Waals surface area contributed by atoms with Crippen molar-refractivity contribution in [2.24, 2.45) is 4.99 Å². The fourth-order valence-electron chi connectivity index (χ4n) is 2.93. The number of guanidine groups is 1. The van der Waals surface area contributed by atoms with Crippen LogP contribution >= 0.6 is 24.0 Å². The minimum Gasteiger partial charge on any atom is -0.444 e. The SMILES string of the molecule is CCNC(=NCc1nc(C)c(C)o1)NCC1(c2ccccc2F)CC1.I. The molecule has 1 aromatic carbocycles. The second-order valence-electron chi connectivity index (χ2n) is 6.56. The van der Waals surface area contributed by atoms with Crippen LogP contribution in [0.25, 0.3) is 0 Å². The van der Waals surface area contributed by atoms with Gasteiger partial charge < -0.3 is 15.1 Å². The van der Waals surface area contributed by atoms with Gasteiger partial charge in [0, 0.05) is 18.5 Å². The summed E-state index contributed by atoms with van der Waals surface area (Å²) in [6, 6.07) is 7.04. The Balaban J connectivity index is 0.00000243. The van der Waals surface area contributed by atoms with E-state index < -0.39 is 0 Å². The maximum absolute atomic E-state index is 14.1. The Kier molecular flexibility index (Phi) is 7.02. The predicted molar refractivity (Wildman–Crippen MR) is 112 cm³/mol. The Hall–Kier alpha value is -1.64. The van der Waals surface area contributed by atoms with Gasteiger partial charge in [-0.1, -0.05) is 18.2 Å². The number of rotatable bonds is 6. The number of benzene rings is 1. The molecule has 5 nitrogen and oxygen atoms in total. The highest BCUT2D eigenvalue weighted by atomic mass is 127. The van der Waals surface area contributed by atoms with Crippen LogP contribution in [0, 0.1) is 19.7 Å². The average Bonchev–Trinajstić information content (AvgIpc) is 3.31. The topological polar surface area (TPSA) is 62.5 Å². The van der Waals surface area contributed by atoms with Crippen molar-refractivity contribution in [2.75, 3.05) is 13.1 Å².